The minimum Gasteiger partial charge on any atom is -0.494 e. The van der Waals surface area contributed by atoms with Gasteiger partial charge in [0.1, 0.15) is 17.3 Å². The molecule has 0 bridgehead atoms. The molecule has 0 saturated carbocycles. The highest BCUT2D eigenvalue weighted by Gasteiger charge is 2.11. The molecule has 0 saturated heterocycles. The van der Waals surface area contributed by atoms with Gasteiger partial charge in [-0.2, -0.15) is 0 Å². The Morgan fingerprint density at radius 3 is 2.60 bits per heavy atom. The van der Waals surface area contributed by atoms with Gasteiger partial charge in [0.2, 0.25) is 0 Å². The average Bonchev–Trinajstić information content (AvgIpc) is 2.45. The van der Waals surface area contributed by atoms with Gasteiger partial charge in [0, 0.05) is 12.1 Å². The zero-order valence-corrected chi connectivity index (χ0v) is 11.5. The van der Waals surface area contributed by atoms with Gasteiger partial charge in [0.25, 0.3) is 0 Å². The van der Waals surface area contributed by atoms with Crippen molar-refractivity contribution in [1.29, 1.82) is 0 Å². The first-order valence-corrected chi connectivity index (χ1v) is 6.52. The molecule has 0 heterocycles. The minimum absolute atomic E-state index is 0.101. The van der Waals surface area contributed by atoms with E-state index in [9.17, 15) is 8.78 Å². The molecule has 2 aromatic carbocycles. The van der Waals surface area contributed by atoms with Crippen LogP contribution in [0.2, 0.25) is 0 Å². The molecule has 2 nitrogen and oxygen atoms in total. The lowest BCUT2D eigenvalue weighted by atomic mass is 10.1. The Kier molecular flexibility index (Phi) is 4.56. The molecular weight excluding hydrogens is 260 g/mol. The van der Waals surface area contributed by atoms with Crippen LogP contribution >= 0.6 is 0 Å². The Bertz CT molecular complexity index is 599. The molecule has 0 atom stereocenters. The van der Waals surface area contributed by atoms with Gasteiger partial charge in [-0.25, -0.2) is 8.78 Å². The van der Waals surface area contributed by atoms with Crippen LogP contribution in [0.15, 0.2) is 36.4 Å². The molecule has 106 valence electrons. The predicted molar refractivity (Wildman–Crippen MR) is 76.0 cm³/mol. The number of anilines is 1. The lowest BCUT2D eigenvalue weighted by Gasteiger charge is -2.13. The van der Waals surface area contributed by atoms with Crippen molar-refractivity contribution in [3.8, 4) is 5.75 Å². The Labute approximate surface area is 117 Å². The van der Waals surface area contributed by atoms with Crippen LogP contribution in [0.3, 0.4) is 0 Å². The van der Waals surface area contributed by atoms with Gasteiger partial charge in [-0.1, -0.05) is 24.3 Å². The molecule has 20 heavy (non-hydrogen) atoms. The van der Waals surface area contributed by atoms with Gasteiger partial charge < -0.3 is 10.1 Å². The molecule has 0 aromatic heterocycles. The minimum atomic E-state index is -0.595. The van der Waals surface area contributed by atoms with E-state index in [0.717, 1.165) is 11.3 Å². The normalized spacial score (nSPS) is 10.4. The topological polar surface area (TPSA) is 21.3 Å². The summed E-state index contributed by atoms with van der Waals surface area (Å²) in [7, 11) is 0. The van der Waals surface area contributed by atoms with E-state index in [1.54, 1.807) is 6.92 Å². The summed E-state index contributed by atoms with van der Waals surface area (Å²) in [6.07, 6.45) is 0. The predicted octanol–water partition coefficient (Wildman–Crippen LogP) is 4.28. The maximum Gasteiger partial charge on any atom is 0.152 e. The maximum absolute atomic E-state index is 13.9. The fourth-order valence-corrected chi connectivity index (χ4v) is 1.95. The molecule has 0 aliphatic rings. The van der Waals surface area contributed by atoms with Crippen LogP contribution in [-0.4, -0.2) is 6.61 Å². The van der Waals surface area contributed by atoms with Crippen molar-refractivity contribution < 1.29 is 13.5 Å². The van der Waals surface area contributed by atoms with Gasteiger partial charge in [-0.3, -0.25) is 0 Å². The first-order chi connectivity index (χ1) is 9.63. The van der Waals surface area contributed by atoms with Gasteiger partial charge in [-0.15, -0.1) is 0 Å². The Morgan fingerprint density at radius 2 is 1.85 bits per heavy atom. The van der Waals surface area contributed by atoms with Crippen LogP contribution in [0, 0.1) is 18.6 Å². The molecular formula is C16H17F2NO. The van der Waals surface area contributed by atoms with Crippen LogP contribution in [-0.2, 0) is 6.54 Å². The highest BCUT2D eigenvalue weighted by atomic mass is 19.1. The third-order valence-electron chi connectivity index (χ3n) is 3.01. The van der Waals surface area contributed by atoms with Crippen molar-refractivity contribution in [2.45, 2.75) is 20.4 Å². The third-order valence-corrected chi connectivity index (χ3v) is 3.01. The summed E-state index contributed by atoms with van der Waals surface area (Å²) in [6, 6.07) is 10.1. The van der Waals surface area contributed by atoms with E-state index < -0.39 is 11.6 Å². The molecule has 0 amide bonds. The SMILES string of the molecule is CCOc1ccccc1CNc1c(F)ccc(C)c1F. The van der Waals surface area contributed by atoms with Gasteiger partial charge in [-0.05, 0) is 31.5 Å². The lowest BCUT2D eigenvalue weighted by molar-refractivity contribution is 0.337. The highest BCUT2D eigenvalue weighted by molar-refractivity contribution is 5.50. The zero-order valence-electron chi connectivity index (χ0n) is 11.5. The van der Waals surface area contributed by atoms with Crippen LogP contribution in [0.5, 0.6) is 5.75 Å². The third kappa shape index (κ3) is 3.07. The van der Waals surface area contributed by atoms with Gasteiger partial charge in [0.05, 0.1) is 6.61 Å². The summed E-state index contributed by atoms with van der Waals surface area (Å²) in [5.41, 5.74) is 1.16. The second-order valence-electron chi connectivity index (χ2n) is 4.45. The molecule has 0 fully saturated rings. The smallest absolute Gasteiger partial charge is 0.152 e. The summed E-state index contributed by atoms with van der Waals surface area (Å²) in [4.78, 5) is 0. The summed E-state index contributed by atoms with van der Waals surface area (Å²) in [6.45, 7) is 4.34. The molecule has 1 N–H and O–H groups in total. The Balaban J connectivity index is 2.19. The van der Waals surface area contributed by atoms with E-state index in [1.165, 1.54) is 12.1 Å². The number of halogens is 2. The largest absolute Gasteiger partial charge is 0.494 e. The van der Waals surface area contributed by atoms with Crippen molar-refractivity contribution in [1.82, 2.24) is 0 Å². The molecule has 4 heteroatoms. The molecule has 0 aliphatic heterocycles. The maximum atomic E-state index is 13.9. The van der Waals surface area contributed by atoms with Gasteiger partial charge >= 0.3 is 0 Å². The monoisotopic (exact) mass is 277 g/mol. The molecule has 0 spiro atoms. The first-order valence-electron chi connectivity index (χ1n) is 6.52. The Morgan fingerprint density at radius 1 is 1.10 bits per heavy atom. The Hall–Kier alpha value is -2.10. The summed E-state index contributed by atoms with van der Waals surface area (Å²) < 4.78 is 33.0. The second-order valence-corrected chi connectivity index (χ2v) is 4.45. The number of hydrogen-bond acceptors (Lipinski definition) is 2. The zero-order chi connectivity index (χ0) is 14.5. The molecule has 2 rings (SSSR count). The summed E-state index contributed by atoms with van der Waals surface area (Å²) >= 11 is 0. The van der Waals surface area contributed by atoms with E-state index in [0.29, 0.717) is 18.7 Å². The fourth-order valence-electron chi connectivity index (χ4n) is 1.95. The van der Waals surface area contributed by atoms with Crippen molar-refractivity contribution in [2.24, 2.45) is 0 Å². The van der Waals surface area contributed by atoms with Crippen molar-refractivity contribution in [2.75, 3.05) is 11.9 Å². The number of benzene rings is 2. The standard InChI is InChI=1S/C16H17F2NO/c1-3-20-14-7-5-4-6-12(14)10-19-16-13(17)9-8-11(2)15(16)18/h4-9,19H,3,10H2,1-2H3. The quantitative estimate of drug-likeness (QED) is 0.880. The average molecular weight is 277 g/mol. The highest BCUT2D eigenvalue weighted by Crippen LogP contribution is 2.24. The summed E-state index contributed by atoms with van der Waals surface area (Å²) in [5, 5.41) is 2.81. The number of hydrogen-bond donors (Lipinski definition) is 1. The number of rotatable bonds is 5. The van der Waals surface area contributed by atoms with Crippen LogP contribution in [0.25, 0.3) is 0 Å². The molecule has 2 aromatic rings. The number of aryl methyl sites for hydroxylation is 1. The van der Waals surface area contributed by atoms with Gasteiger partial charge in [0.15, 0.2) is 5.82 Å². The van der Waals surface area contributed by atoms with E-state index >= 15 is 0 Å². The van der Waals surface area contributed by atoms with Crippen molar-refractivity contribution >= 4 is 5.69 Å². The van der Waals surface area contributed by atoms with Crippen molar-refractivity contribution in [3.63, 3.8) is 0 Å². The number of ether oxygens (including phenoxy) is 1. The van der Waals surface area contributed by atoms with Crippen molar-refractivity contribution in [3.05, 3.63) is 59.2 Å². The summed E-state index contributed by atoms with van der Waals surface area (Å²) in [5.74, 6) is -0.433. The molecule has 0 aliphatic carbocycles. The van der Waals surface area contributed by atoms with E-state index in [1.807, 2.05) is 31.2 Å². The second kappa shape index (κ2) is 6.37. The van der Waals surface area contributed by atoms with E-state index in [-0.39, 0.29) is 5.69 Å². The number of nitrogens with one attached hydrogen (secondary N) is 1. The lowest BCUT2D eigenvalue weighted by Crippen LogP contribution is -2.06. The molecule has 0 radical (unpaired) electrons. The molecule has 0 unspecified atom stereocenters. The van der Waals surface area contributed by atoms with Crippen LogP contribution < -0.4 is 10.1 Å². The first kappa shape index (κ1) is 14.3. The van der Waals surface area contributed by atoms with Crippen LogP contribution in [0.1, 0.15) is 18.1 Å². The van der Waals surface area contributed by atoms with E-state index in [2.05, 4.69) is 5.32 Å². The fraction of sp³-hybridized carbons (Fsp3) is 0.250. The van der Waals surface area contributed by atoms with E-state index in [4.69, 9.17) is 4.74 Å². The van der Waals surface area contributed by atoms with Crippen LogP contribution in [0.4, 0.5) is 14.5 Å². The number of para-hydroxylation sites is 1.